The van der Waals surface area contributed by atoms with Gasteiger partial charge in [-0.3, -0.25) is 4.99 Å². The number of hydrogen-bond donors (Lipinski definition) is 2. The number of ether oxygens (including phenoxy) is 2. The molecule has 2 aromatic carbocycles. The first kappa shape index (κ1) is 24.4. The van der Waals surface area contributed by atoms with E-state index < -0.39 is 0 Å². The summed E-state index contributed by atoms with van der Waals surface area (Å²) < 4.78 is 25.1. The fourth-order valence-corrected chi connectivity index (χ4v) is 3.59. The molecule has 0 saturated carbocycles. The summed E-state index contributed by atoms with van der Waals surface area (Å²) in [6.45, 7) is 5.23. The second-order valence-corrected chi connectivity index (χ2v) is 7.42. The van der Waals surface area contributed by atoms with Gasteiger partial charge in [-0.25, -0.2) is 4.39 Å². The number of nitrogens with one attached hydrogen (secondary N) is 2. The van der Waals surface area contributed by atoms with Gasteiger partial charge in [0.1, 0.15) is 18.2 Å². The zero-order valence-electron chi connectivity index (χ0n) is 17.6. The maximum Gasteiger partial charge on any atom is 0.191 e. The van der Waals surface area contributed by atoms with Crippen molar-refractivity contribution in [3.63, 3.8) is 0 Å². The van der Waals surface area contributed by atoms with Crippen molar-refractivity contribution in [1.29, 1.82) is 0 Å². The second-order valence-electron chi connectivity index (χ2n) is 7.42. The van der Waals surface area contributed by atoms with E-state index in [1.54, 1.807) is 19.2 Å². The molecule has 0 radical (unpaired) electrons. The Labute approximate surface area is 195 Å². The van der Waals surface area contributed by atoms with Crippen LogP contribution in [0.15, 0.2) is 53.5 Å². The summed E-state index contributed by atoms with van der Waals surface area (Å²) in [5.41, 5.74) is 2.04. The van der Waals surface area contributed by atoms with Gasteiger partial charge in [-0.1, -0.05) is 29.8 Å². The van der Waals surface area contributed by atoms with E-state index in [0.717, 1.165) is 24.2 Å². The predicted octanol–water partition coefficient (Wildman–Crippen LogP) is 4.04. The summed E-state index contributed by atoms with van der Waals surface area (Å²) in [4.78, 5) is 4.30. The molecule has 0 atom stereocenters. The Balaban J connectivity index is 0.00000320. The third kappa shape index (κ3) is 6.84. The molecule has 0 bridgehead atoms. The molecule has 0 aromatic heterocycles. The molecule has 2 aromatic rings. The number of halogens is 2. The molecular weight excluding hydrogens is 496 g/mol. The predicted molar refractivity (Wildman–Crippen MR) is 130 cm³/mol. The lowest BCUT2D eigenvalue weighted by molar-refractivity contribution is 0.0513. The Morgan fingerprint density at radius 1 is 1.13 bits per heavy atom. The molecule has 0 amide bonds. The zero-order valence-corrected chi connectivity index (χ0v) is 19.9. The van der Waals surface area contributed by atoms with E-state index in [1.165, 1.54) is 11.6 Å². The number of guanidine groups is 1. The van der Waals surface area contributed by atoms with Crippen LogP contribution in [0.25, 0.3) is 0 Å². The third-order valence-corrected chi connectivity index (χ3v) is 5.39. The highest BCUT2D eigenvalue weighted by Gasteiger charge is 2.34. The average Bonchev–Trinajstić information content (AvgIpc) is 2.75. The van der Waals surface area contributed by atoms with Crippen molar-refractivity contribution in [3.8, 4) is 5.75 Å². The largest absolute Gasteiger partial charge is 0.492 e. The quantitative estimate of drug-likeness (QED) is 0.247. The molecule has 3 rings (SSSR count). The van der Waals surface area contributed by atoms with Gasteiger partial charge in [0, 0.05) is 32.2 Å². The summed E-state index contributed by atoms with van der Waals surface area (Å²) in [5, 5.41) is 6.69. The van der Waals surface area contributed by atoms with Crippen LogP contribution < -0.4 is 15.4 Å². The van der Waals surface area contributed by atoms with Gasteiger partial charge < -0.3 is 20.1 Å². The van der Waals surface area contributed by atoms with Crippen molar-refractivity contribution >= 4 is 29.9 Å². The number of aliphatic imine (C=N–C) groups is 1. The highest BCUT2D eigenvalue weighted by molar-refractivity contribution is 14.0. The van der Waals surface area contributed by atoms with Crippen molar-refractivity contribution in [2.75, 3.05) is 40.0 Å². The summed E-state index contributed by atoms with van der Waals surface area (Å²) >= 11 is 0. The van der Waals surface area contributed by atoms with Crippen LogP contribution in [0.4, 0.5) is 4.39 Å². The number of aryl methyl sites for hydroxylation is 1. The first-order valence-electron chi connectivity index (χ1n) is 10.1. The number of nitrogens with zero attached hydrogens (tertiary/aromatic N) is 1. The van der Waals surface area contributed by atoms with E-state index in [-0.39, 0.29) is 35.2 Å². The number of hydrogen-bond acceptors (Lipinski definition) is 3. The van der Waals surface area contributed by atoms with Crippen molar-refractivity contribution in [2.45, 2.75) is 25.2 Å². The highest BCUT2D eigenvalue weighted by Crippen LogP contribution is 2.34. The van der Waals surface area contributed by atoms with E-state index >= 15 is 0 Å². The minimum Gasteiger partial charge on any atom is -0.492 e. The molecule has 1 saturated heterocycles. The van der Waals surface area contributed by atoms with Gasteiger partial charge in [-0.2, -0.15) is 0 Å². The highest BCUT2D eigenvalue weighted by atomic mass is 127. The van der Waals surface area contributed by atoms with E-state index in [2.05, 4.69) is 22.5 Å². The van der Waals surface area contributed by atoms with Gasteiger partial charge in [0.25, 0.3) is 0 Å². The van der Waals surface area contributed by atoms with Crippen LogP contribution >= 0.6 is 24.0 Å². The first-order chi connectivity index (χ1) is 14.1. The van der Waals surface area contributed by atoms with Crippen LogP contribution in [0, 0.1) is 12.7 Å². The smallest absolute Gasteiger partial charge is 0.191 e. The van der Waals surface area contributed by atoms with Gasteiger partial charge >= 0.3 is 0 Å². The lowest BCUT2D eigenvalue weighted by Gasteiger charge is -2.38. The summed E-state index contributed by atoms with van der Waals surface area (Å²) in [6.07, 6.45) is 1.69. The monoisotopic (exact) mass is 527 g/mol. The molecule has 1 fully saturated rings. The Hall–Kier alpha value is -1.87. The maximum atomic E-state index is 13.8. The van der Waals surface area contributed by atoms with Crippen LogP contribution in [0.1, 0.15) is 24.0 Å². The molecule has 164 valence electrons. The Morgan fingerprint density at radius 2 is 1.87 bits per heavy atom. The Kier molecular flexibility index (Phi) is 9.84. The van der Waals surface area contributed by atoms with E-state index in [1.807, 2.05) is 30.3 Å². The molecule has 0 aliphatic carbocycles. The van der Waals surface area contributed by atoms with Gasteiger partial charge in [0.15, 0.2) is 5.96 Å². The molecule has 1 heterocycles. The van der Waals surface area contributed by atoms with Crippen molar-refractivity contribution < 1.29 is 13.9 Å². The van der Waals surface area contributed by atoms with Crippen molar-refractivity contribution in [2.24, 2.45) is 4.99 Å². The van der Waals surface area contributed by atoms with Crippen LogP contribution in [0.2, 0.25) is 0 Å². The molecule has 1 aliphatic heterocycles. The molecule has 2 N–H and O–H groups in total. The van der Waals surface area contributed by atoms with Gasteiger partial charge in [-0.05, 0) is 49.6 Å². The normalized spacial score (nSPS) is 15.8. The number of rotatable bonds is 7. The molecule has 1 aliphatic rings. The van der Waals surface area contributed by atoms with E-state index in [0.29, 0.717) is 38.9 Å². The van der Waals surface area contributed by atoms with Gasteiger partial charge in [0.05, 0.1) is 6.54 Å². The summed E-state index contributed by atoms with van der Waals surface area (Å²) in [7, 11) is 1.75. The van der Waals surface area contributed by atoms with Crippen molar-refractivity contribution in [1.82, 2.24) is 10.6 Å². The molecule has 0 unspecified atom stereocenters. The van der Waals surface area contributed by atoms with Gasteiger partial charge in [0.2, 0.25) is 0 Å². The van der Waals surface area contributed by atoms with E-state index in [4.69, 9.17) is 9.47 Å². The minimum atomic E-state index is -0.205. The number of benzene rings is 2. The first-order valence-corrected chi connectivity index (χ1v) is 10.1. The fraction of sp³-hybridized carbons (Fsp3) is 0.435. The summed E-state index contributed by atoms with van der Waals surface area (Å²) in [5.74, 6) is 1.36. The van der Waals surface area contributed by atoms with Crippen LogP contribution in [-0.2, 0) is 10.2 Å². The maximum absolute atomic E-state index is 13.8. The third-order valence-electron chi connectivity index (χ3n) is 5.39. The Morgan fingerprint density at radius 3 is 2.53 bits per heavy atom. The van der Waals surface area contributed by atoms with Crippen LogP contribution in [0.5, 0.6) is 5.75 Å². The SMILES string of the molecule is CN=C(NCCOc1ccc(C)cc1)NCC1(c2cccc(F)c2)CCOCC1.I. The topological polar surface area (TPSA) is 54.9 Å². The molecule has 0 spiro atoms. The average molecular weight is 527 g/mol. The molecule has 5 nitrogen and oxygen atoms in total. The second kappa shape index (κ2) is 12.1. The van der Waals surface area contributed by atoms with Crippen molar-refractivity contribution in [3.05, 3.63) is 65.5 Å². The Bertz CT molecular complexity index is 808. The zero-order chi connectivity index (χ0) is 20.5. The van der Waals surface area contributed by atoms with E-state index in [9.17, 15) is 4.39 Å². The molecule has 30 heavy (non-hydrogen) atoms. The lowest BCUT2D eigenvalue weighted by atomic mass is 9.74. The lowest BCUT2D eigenvalue weighted by Crippen LogP contribution is -2.48. The van der Waals surface area contributed by atoms with Crippen LogP contribution in [-0.4, -0.2) is 45.9 Å². The van der Waals surface area contributed by atoms with Crippen LogP contribution in [0.3, 0.4) is 0 Å². The standard InChI is InChI=1S/C23H30FN3O2.HI/c1-18-6-8-21(9-7-18)29-15-12-26-22(25-2)27-17-23(10-13-28-14-11-23)19-4-3-5-20(24)16-19;/h3-9,16H,10-15,17H2,1-2H3,(H2,25,26,27);1H. The summed E-state index contributed by atoms with van der Waals surface area (Å²) in [6, 6.07) is 14.9. The van der Waals surface area contributed by atoms with Gasteiger partial charge in [-0.15, -0.1) is 24.0 Å². The molecular formula is C23H31FIN3O2. The fourth-order valence-electron chi connectivity index (χ4n) is 3.59. The molecule has 7 heteroatoms. The minimum absolute atomic E-state index is 0.